The molecular formula is C7H14OS. The van der Waals surface area contributed by atoms with Gasteiger partial charge in [-0.25, -0.2) is 0 Å². The topological polar surface area (TPSA) is 20.2 Å². The Balaban J connectivity index is 2.11. The van der Waals surface area contributed by atoms with Gasteiger partial charge in [0.15, 0.2) is 0 Å². The van der Waals surface area contributed by atoms with Crippen LogP contribution < -0.4 is 0 Å². The second-order valence-electron chi connectivity index (χ2n) is 2.72. The van der Waals surface area contributed by atoms with Crippen molar-refractivity contribution in [1.29, 1.82) is 0 Å². The molecule has 2 unspecified atom stereocenters. The van der Waals surface area contributed by atoms with E-state index in [0.29, 0.717) is 0 Å². The van der Waals surface area contributed by atoms with E-state index in [1.807, 2.05) is 18.7 Å². The Morgan fingerprint density at radius 2 is 2.56 bits per heavy atom. The minimum absolute atomic E-state index is 0.0967. The maximum atomic E-state index is 9.00. The molecule has 0 radical (unpaired) electrons. The van der Waals surface area contributed by atoms with Gasteiger partial charge in [-0.3, -0.25) is 0 Å². The highest BCUT2D eigenvalue weighted by Crippen LogP contribution is 2.29. The summed E-state index contributed by atoms with van der Waals surface area (Å²) in [5.41, 5.74) is 0. The molecule has 0 bridgehead atoms. The number of hydrogen-bond donors (Lipinski definition) is 1. The van der Waals surface area contributed by atoms with Crippen LogP contribution >= 0.6 is 11.8 Å². The Bertz CT molecular complexity index is 77.0. The number of thioether (sulfide) groups is 1. The largest absolute Gasteiger partial charge is 0.393 e. The second-order valence-corrected chi connectivity index (χ2v) is 4.13. The molecule has 0 spiro atoms. The van der Waals surface area contributed by atoms with Crippen LogP contribution in [-0.2, 0) is 0 Å². The average molecular weight is 146 g/mol. The van der Waals surface area contributed by atoms with E-state index >= 15 is 0 Å². The van der Waals surface area contributed by atoms with Crippen molar-refractivity contribution in [1.82, 2.24) is 0 Å². The summed E-state index contributed by atoms with van der Waals surface area (Å²) in [6, 6.07) is 0. The molecule has 1 aliphatic rings. The molecule has 0 aromatic rings. The first kappa shape index (κ1) is 7.42. The van der Waals surface area contributed by atoms with E-state index < -0.39 is 0 Å². The van der Waals surface area contributed by atoms with Crippen molar-refractivity contribution >= 4 is 11.8 Å². The van der Waals surface area contributed by atoms with Gasteiger partial charge in [0.25, 0.3) is 0 Å². The van der Waals surface area contributed by atoms with Crippen LogP contribution in [0.3, 0.4) is 0 Å². The zero-order chi connectivity index (χ0) is 6.69. The van der Waals surface area contributed by atoms with Crippen LogP contribution in [0.2, 0.25) is 0 Å². The lowest BCUT2D eigenvalue weighted by Crippen LogP contribution is -2.08. The van der Waals surface area contributed by atoms with Gasteiger partial charge in [-0.2, -0.15) is 11.8 Å². The molecule has 1 fully saturated rings. The van der Waals surface area contributed by atoms with Crippen LogP contribution in [0, 0.1) is 0 Å². The molecule has 0 aromatic heterocycles. The molecule has 2 heteroatoms. The number of aliphatic hydroxyl groups is 1. The summed E-state index contributed by atoms with van der Waals surface area (Å²) in [6.07, 6.45) is 3.56. The average Bonchev–Trinajstić information content (AvgIpc) is 2.15. The maximum Gasteiger partial charge on any atom is 0.0522 e. The van der Waals surface area contributed by atoms with Gasteiger partial charge in [-0.05, 0) is 31.9 Å². The third-order valence-electron chi connectivity index (χ3n) is 1.63. The fourth-order valence-electron chi connectivity index (χ4n) is 1.21. The van der Waals surface area contributed by atoms with Crippen molar-refractivity contribution in [3.8, 4) is 0 Å². The third kappa shape index (κ3) is 2.59. The quantitative estimate of drug-likeness (QED) is 0.639. The fraction of sp³-hybridized carbons (Fsp3) is 1.00. The molecule has 1 heterocycles. The predicted octanol–water partition coefficient (Wildman–Crippen LogP) is 1.65. The van der Waals surface area contributed by atoms with E-state index in [0.717, 1.165) is 11.7 Å². The normalized spacial score (nSPS) is 30.7. The highest BCUT2D eigenvalue weighted by Gasteiger charge is 2.16. The Kier molecular flexibility index (Phi) is 2.86. The maximum absolute atomic E-state index is 9.00. The summed E-state index contributed by atoms with van der Waals surface area (Å²) in [4.78, 5) is 0. The lowest BCUT2D eigenvalue weighted by Gasteiger charge is -2.09. The van der Waals surface area contributed by atoms with Gasteiger partial charge in [0.05, 0.1) is 6.10 Å². The molecule has 1 nitrogen and oxygen atoms in total. The first-order valence-corrected chi connectivity index (χ1v) is 4.63. The molecule has 1 rings (SSSR count). The lowest BCUT2D eigenvalue weighted by atomic mass is 10.1. The van der Waals surface area contributed by atoms with Gasteiger partial charge >= 0.3 is 0 Å². The standard InChI is InChI=1S/C7H14OS/c1-6(8)5-7-3-2-4-9-7/h6-8H,2-5H2,1H3. The second kappa shape index (κ2) is 3.47. The first-order valence-electron chi connectivity index (χ1n) is 3.58. The Labute approximate surface area is 60.8 Å². The van der Waals surface area contributed by atoms with Gasteiger partial charge < -0.3 is 5.11 Å². The van der Waals surface area contributed by atoms with E-state index in [1.165, 1.54) is 18.6 Å². The molecule has 1 saturated heterocycles. The van der Waals surface area contributed by atoms with E-state index in [2.05, 4.69) is 0 Å². The number of hydrogen-bond acceptors (Lipinski definition) is 2. The van der Waals surface area contributed by atoms with Crippen LogP contribution in [0.4, 0.5) is 0 Å². The minimum Gasteiger partial charge on any atom is -0.393 e. The predicted molar refractivity (Wildman–Crippen MR) is 41.8 cm³/mol. The van der Waals surface area contributed by atoms with Crippen molar-refractivity contribution in [2.45, 2.75) is 37.5 Å². The van der Waals surface area contributed by atoms with Crippen molar-refractivity contribution in [2.75, 3.05) is 5.75 Å². The Hall–Kier alpha value is 0.310. The highest BCUT2D eigenvalue weighted by molar-refractivity contribution is 8.00. The molecule has 1 N–H and O–H groups in total. The van der Waals surface area contributed by atoms with Crippen molar-refractivity contribution < 1.29 is 5.11 Å². The van der Waals surface area contributed by atoms with E-state index in [1.54, 1.807) is 0 Å². The summed E-state index contributed by atoms with van der Waals surface area (Å²) >= 11 is 2.01. The molecule has 0 saturated carbocycles. The van der Waals surface area contributed by atoms with E-state index in [-0.39, 0.29) is 6.10 Å². The Morgan fingerprint density at radius 3 is 3.00 bits per heavy atom. The zero-order valence-electron chi connectivity index (χ0n) is 5.84. The fourth-order valence-corrected chi connectivity index (χ4v) is 2.63. The summed E-state index contributed by atoms with van der Waals surface area (Å²) < 4.78 is 0. The van der Waals surface area contributed by atoms with Crippen molar-refractivity contribution in [2.24, 2.45) is 0 Å². The van der Waals surface area contributed by atoms with E-state index in [4.69, 9.17) is 5.11 Å². The van der Waals surface area contributed by atoms with Gasteiger partial charge in [0.1, 0.15) is 0 Å². The minimum atomic E-state index is -0.0967. The van der Waals surface area contributed by atoms with Crippen LogP contribution in [0.1, 0.15) is 26.2 Å². The monoisotopic (exact) mass is 146 g/mol. The van der Waals surface area contributed by atoms with Gasteiger partial charge in [0, 0.05) is 5.25 Å². The van der Waals surface area contributed by atoms with Gasteiger partial charge in [0.2, 0.25) is 0 Å². The van der Waals surface area contributed by atoms with Crippen LogP contribution in [0.25, 0.3) is 0 Å². The molecule has 1 aliphatic heterocycles. The van der Waals surface area contributed by atoms with Gasteiger partial charge in [-0.15, -0.1) is 0 Å². The summed E-state index contributed by atoms with van der Waals surface area (Å²) in [7, 11) is 0. The molecule has 54 valence electrons. The van der Waals surface area contributed by atoms with E-state index in [9.17, 15) is 0 Å². The molecular weight excluding hydrogens is 132 g/mol. The zero-order valence-corrected chi connectivity index (χ0v) is 6.66. The van der Waals surface area contributed by atoms with Crippen LogP contribution in [0.15, 0.2) is 0 Å². The summed E-state index contributed by atoms with van der Waals surface area (Å²) in [6.45, 7) is 1.87. The summed E-state index contributed by atoms with van der Waals surface area (Å²) in [5.74, 6) is 1.30. The number of aliphatic hydroxyl groups excluding tert-OH is 1. The van der Waals surface area contributed by atoms with Crippen molar-refractivity contribution in [3.63, 3.8) is 0 Å². The third-order valence-corrected chi connectivity index (χ3v) is 3.05. The highest BCUT2D eigenvalue weighted by atomic mass is 32.2. The lowest BCUT2D eigenvalue weighted by molar-refractivity contribution is 0.183. The summed E-state index contributed by atoms with van der Waals surface area (Å²) in [5, 5.41) is 9.75. The Morgan fingerprint density at radius 1 is 1.78 bits per heavy atom. The smallest absolute Gasteiger partial charge is 0.0522 e. The molecule has 2 atom stereocenters. The van der Waals surface area contributed by atoms with Gasteiger partial charge in [-0.1, -0.05) is 0 Å². The molecule has 9 heavy (non-hydrogen) atoms. The van der Waals surface area contributed by atoms with Crippen molar-refractivity contribution in [3.05, 3.63) is 0 Å². The number of rotatable bonds is 2. The van der Waals surface area contributed by atoms with Crippen LogP contribution in [-0.4, -0.2) is 22.2 Å². The molecule has 0 aliphatic carbocycles. The molecule has 0 amide bonds. The van der Waals surface area contributed by atoms with Crippen LogP contribution in [0.5, 0.6) is 0 Å². The SMILES string of the molecule is CC(O)CC1CCCS1. The first-order chi connectivity index (χ1) is 4.29. The molecule has 0 aromatic carbocycles.